The van der Waals surface area contributed by atoms with Crippen LogP contribution in [0.3, 0.4) is 0 Å². The molecule has 32 valence electrons. The van der Waals surface area contributed by atoms with E-state index in [1.54, 1.807) is 0 Å². The van der Waals surface area contributed by atoms with Crippen molar-refractivity contribution in [3.63, 3.8) is 0 Å². The van der Waals surface area contributed by atoms with Crippen LogP contribution in [0.25, 0.3) is 0 Å². The predicted molar refractivity (Wildman–Crippen MR) is 14.3 cm³/mol. The molecular formula is MgO4SiTi+2. The summed E-state index contributed by atoms with van der Waals surface area (Å²) in [5.74, 6) is 0. The molecule has 7 heavy (non-hydrogen) atoms. The van der Waals surface area contributed by atoms with Gasteiger partial charge >= 0.3 is 54.1 Å². The molecule has 0 heterocycles. The van der Waals surface area contributed by atoms with Crippen molar-refractivity contribution < 1.29 is 41.6 Å². The number of rotatable bonds is 0. The van der Waals surface area contributed by atoms with Crippen molar-refractivity contribution in [3.8, 4) is 0 Å². The second-order valence-corrected chi connectivity index (χ2v) is 0.250. The Labute approximate surface area is 73.6 Å². The molecule has 0 bridgehead atoms. The second-order valence-electron chi connectivity index (χ2n) is 0.0833. The van der Waals surface area contributed by atoms with E-state index in [0.29, 0.717) is 0 Å². The van der Waals surface area contributed by atoms with Gasteiger partial charge in [0.05, 0.1) is 0 Å². The molecule has 0 amide bonds. The SMILES string of the molecule is O=[Si]=O.[Mg+2].[O-2].[O-2].[Ti+4]. The van der Waals surface area contributed by atoms with E-state index in [0.717, 1.165) is 0 Å². The van der Waals surface area contributed by atoms with Gasteiger partial charge in [-0.25, -0.2) is 0 Å². The van der Waals surface area contributed by atoms with Gasteiger partial charge in [0.1, 0.15) is 0 Å². The first kappa shape index (κ1) is 41.4. The van der Waals surface area contributed by atoms with Crippen molar-refractivity contribution in [2.75, 3.05) is 0 Å². The van der Waals surface area contributed by atoms with E-state index in [1.807, 2.05) is 0 Å². The summed E-state index contributed by atoms with van der Waals surface area (Å²) in [6, 6.07) is 0. The number of hydrogen-bond acceptors (Lipinski definition) is 2. The average Bonchev–Trinajstić information content (AvgIpc) is 0.918. The molecule has 0 aliphatic carbocycles. The average molecular weight is 164 g/mol. The summed E-state index contributed by atoms with van der Waals surface area (Å²) in [4.78, 5) is 0. The van der Waals surface area contributed by atoms with E-state index in [4.69, 9.17) is 8.92 Å². The molecule has 0 fully saturated rings. The molecule has 0 aromatic heterocycles. The summed E-state index contributed by atoms with van der Waals surface area (Å²) in [5.41, 5.74) is 0. The molecule has 0 radical (unpaired) electrons. The van der Waals surface area contributed by atoms with Crippen LogP contribution in [0.15, 0.2) is 0 Å². The summed E-state index contributed by atoms with van der Waals surface area (Å²) in [6.45, 7) is 0. The molecule has 0 aliphatic rings. The summed E-state index contributed by atoms with van der Waals surface area (Å²) >= 11 is 0. The maximum absolute atomic E-state index is 8.40. The molecule has 0 unspecified atom stereocenters. The van der Waals surface area contributed by atoms with Crippen LogP contribution in [0, 0.1) is 0 Å². The third-order valence-corrected chi connectivity index (χ3v) is 0. The minimum atomic E-state index is -1.42. The number of hydrogen-bond donors (Lipinski definition) is 0. The molecule has 4 nitrogen and oxygen atoms in total. The van der Waals surface area contributed by atoms with Gasteiger partial charge in [0.25, 0.3) is 0 Å². The van der Waals surface area contributed by atoms with Crippen LogP contribution < -0.4 is 0 Å². The third kappa shape index (κ3) is 133. The van der Waals surface area contributed by atoms with Crippen molar-refractivity contribution in [1.29, 1.82) is 0 Å². The topological polar surface area (TPSA) is 91.1 Å². The van der Waals surface area contributed by atoms with Crippen molar-refractivity contribution >= 4 is 32.3 Å². The fraction of sp³-hybridized carbons (Fsp3) is 0. The summed E-state index contributed by atoms with van der Waals surface area (Å²) < 4.78 is 16.8. The third-order valence-electron chi connectivity index (χ3n) is 0. The predicted octanol–water partition coefficient (Wildman–Crippen LogP) is -1.24. The van der Waals surface area contributed by atoms with Gasteiger partial charge in [0.2, 0.25) is 0 Å². The molecule has 0 saturated heterocycles. The molecule has 0 aliphatic heterocycles. The van der Waals surface area contributed by atoms with Gasteiger partial charge in [-0.1, -0.05) is 0 Å². The van der Waals surface area contributed by atoms with Gasteiger partial charge in [-0.2, -0.15) is 0 Å². The van der Waals surface area contributed by atoms with E-state index in [9.17, 15) is 0 Å². The van der Waals surface area contributed by atoms with Crippen molar-refractivity contribution in [3.05, 3.63) is 0 Å². The molecule has 0 spiro atoms. The normalized spacial score (nSPS) is 1.14. The molecule has 0 atom stereocenters. The van der Waals surface area contributed by atoms with Crippen molar-refractivity contribution in [2.24, 2.45) is 0 Å². The van der Waals surface area contributed by atoms with E-state index in [1.165, 1.54) is 0 Å². The van der Waals surface area contributed by atoms with Gasteiger partial charge in [0, 0.05) is 0 Å². The summed E-state index contributed by atoms with van der Waals surface area (Å²) in [5, 5.41) is 0. The Morgan fingerprint density at radius 2 is 1.00 bits per heavy atom. The van der Waals surface area contributed by atoms with Crippen molar-refractivity contribution in [2.45, 2.75) is 0 Å². The zero-order valence-corrected chi connectivity index (χ0v) is 7.32. The maximum Gasteiger partial charge on any atom is 4.00 e. The van der Waals surface area contributed by atoms with E-state index in [2.05, 4.69) is 0 Å². The van der Waals surface area contributed by atoms with Crippen LogP contribution in [0.5, 0.6) is 0 Å². The summed E-state index contributed by atoms with van der Waals surface area (Å²) in [7, 11) is -1.42. The van der Waals surface area contributed by atoms with E-state index >= 15 is 0 Å². The zero-order chi connectivity index (χ0) is 2.71. The van der Waals surface area contributed by atoms with Crippen LogP contribution in [0.1, 0.15) is 0 Å². The van der Waals surface area contributed by atoms with Gasteiger partial charge in [-0.05, 0) is 0 Å². The quantitative estimate of drug-likeness (QED) is 0.419. The Hall–Kier alpha value is 1.22. The van der Waals surface area contributed by atoms with Crippen LogP contribution in [-0.4, -0.2) is 32.3 Å². The van der Waals surface area contributed by atoms with Crippen LogP contribution >= 0.6 is 0 Å². The van der Waals surface area contributed by atoms with Crippen LogP contribution in [0.4, 0.5) is 0 Å². The first-order chi connectivity index (χ1) is 1.41. The Morgan fingerprint density at radius 3 is 1.00 bits per heavy atom. The fourth-order valence-electron chi connectivity index (χ4n) is 0. The summed E-state index contributed by atoms with van der Waals surface area (Å²) in [6.07, 6.45) is 0. The molecule has 0 N–H and O–H groups in total. The first-order valence-corrected chi connectivity index (χ1v) is 1.22. The van der Waals surface area contributed by atoms with Crippen molar-refractivity contribution in [1.82, 2.24) is 0 Å². The van der Waals surface area contributed by atoms with E-state index < -0.39 is 9.29 Å². The second kappa shape index (κ2) is 56.7. The minimum Gasteiger partial charge on any atom is -2.00 e. The van der Waals surface area contributed by atoms with Gasteiger partial charge in [-0.3, -0.25) is 8.92 Å². The van der Waals surface area contributed by atoms with Gasteiger partial charge < -0.3 is 11.0 Å². The smallest absolute Gasteiger partial charge is 2.00 e. The molecule has 0 aromatic rings. The fourth-order valence-corrected chi connectivity index (χ4v) is 0. The van der Waals surface area contributed by atoms with E-state index in [-0.39, 0.29) is 55.7 Å². The Bertz CT molecular complexity index is 32.7. The molecule has 7 heteroatoms. The monoisotopic (exact) mass is 164 g/mol. The maximum atomic E-state index is 8.40. The standard InChI is InChI=1S/Mg.O2Si.2O.Ti/c;1-3-2;;;/q+2;;2*-2;+4. The first-order valence-electron chi connectivity index (χ1n) is 0.408. The van der Waals surface area contributed by atoms with Gasteiger partial charge in [0.15, 0.2) is 0 Å². The van der Waals surface area contributed by atoms with Crippen LogP contribution in [0.2, 0.25) is 0 Å². The Morgan fingerprint density at radius 1 is 1.00 bits per heavy atom. The van der Waals surface area contributed by atoms with Gasteiger partial charge in [-0.15, -0.1) is 0 Å². The minimum absolute atomic E-state index is 0. The molecule has 0 saturated carbocycles. The Balaban J connectivity index is -0.00000000333. The molecule has 0 aromatic carbocycles. The Kier molecular flexibility index (Phi) is 335. The largest absolute Gasteiger partial charge is 4.00 e. The van der Waals surface area contributed by atoms with Crippen LogP contribution in [-0.2, 0) is 41.6 Å². The molecular weight excluding hydrogens is 164 g/mol. The zero-order valence-electron chi connectivity index (χ0n) is 3.34. The molecule has 0 rings (SSSR count).